The molecule has 0 radical (unpaired) electrons. The molecule has 0 atom stereocenters. The minimum absolute atomic E-state index is 0.148. The van der Waals surface area contributed by atoms with Gasteiger partial charge in [0.25, 0.3) is 0 Å². The molecule has 2 rings (SSSR count). The fourth-order valence-corrected chi connectivity index (χ4v) is 2.27. The van der Waals surface area contributed by atoms with Crippen LogP contribution in [0.25, 0.3) is 0 Å². The van der Waals surface area contributed by atoms with Crippen LogP contribution in [0.1, 0.15) is 18.6 Å². The van der Waals surface area contributed by atoms with Gasteiger partial charge in [-0.1, -0.05) is 0 Å². The topological polar surface area (TPSA) is 36.7 Å². The van der Waals surface area contributed by atoms with E-state index in [9.17, 15) is 4.79 Å². The molecule has 4 heteroatoms. The molecule has 1 aliphatic heterocycles. The van der Waals surface area contributed by atoms with Crippen LogP contribution < -0.4 is 0 Å². The molecule has 94 valence electrons. The van der Waals surface area contributed by atoms with Gasteiger partial charge < -0.3 is 14.2 Å². The lowest BCUT2D eigenvalue weighted by molar-refractivity contribution is -0.132. The first-order valence-corrected chi connectivity index (χ1v) is 6.13. The third-order valence-corrected chi connectivity index (χ3v) is 3.53. The molecular weight excluding hydrogens is 216 g/mol. The molecule has 17 heavy (non-hydrogen) atoms. The van der Waals surface area contributed by atoms with Crippen LogP contribution in [-0.2, 0) is 11.2 Å². The summed E-state index contributed by atoms with van der Waals surface area (Å²) < 4.78 is 5.20. The zero-order chi connectivity index (χ0) is 12.3. The van der Waals surface area contributed by atoms with Gasteiger partial charge in [0.15, 0.2) is 0 Å². The van der Waals surface area contributed by atoms with Crippen LogP contribution in [0.4, 0.5) is 0 Å². The second kappa shape index (κ2) is 5.36. The average Bonchev–Trinajstić information content (AvgIpc) is 2.82. The van der Waals surface area contributed by atoms with Gasteiger partial charge in [0, 0.05) is 13.1 Å². The number of hydrogen-bond donors (Lipinski definition) is 0. The molecule has 1 saturated heterocycles. The maximum atomic E-state index is 12.0. The third-order valence-electron chi connectivity index (χ3n) is 3.53. The highest BCUT2D eigenvalue weighted by Crippen LogP contribution is 2.15. The summed E-state index contributed by atoms with van der Waals surface area (Å²) in [6.07, 6.45) is 4.11. The molecule has 4 nitrogen and oxygen atoms in total. The Balaban J connectivity index is 1.86. The standard InChI is InChI=1S/C13H20N2O2/c1-14-7-5-11(6-8-14)15(2)13(16)10-12-4-3-9-17-12/h3-4,9,11H,5-8,10H2,1-2H3. The van der Waals surface area contributed by atoms with E-state index in [0.29, 0.717) is 12.5 Å². The van der Waals surface area contributed by atoms with Crippen LogP contribution >= 0.6 is 0 Å². The van der Waals surface area contributed by atoms with Gasteiger partial charge in [-0.05, 0) is 45.1 Å². The Morgan fingerprint density at radius 2 is 2.24 bits per heavy atom. The summed E-state index contributed by atoms with van der Waals surface area (Å²) in [4.78, 5) is 16.2. The summed E-state index contributed by atoms with van der Waals surface area (Å²) in [5.41, 5.74) is 0. The Morgan fingerprint density at radius 3 is 2.82 bits per heavy atom. The molecule has 1 amide bonds. The Bertz CT molecular complexity index is 354. The number of piperidine rings is 1. The van der Waals surface area contributed by atoms with Crippen LogP contribution in [0.15, 0.2) is 22.8 Å². The quantitative estimate of drug-likeness (QED) is 0.795. The van der Waals surface area contributed by atoms with Crippen molar-refractivity contribution < 1.29 is 9.21 Å². The minimum atomic E-state index is 0.148. The van der Waals surface area contributed by atoms with E-state index >= 15 is 0 Å². The largest absolute Gasteiger partial charge is 0.469 e. The van der Waals surface area contributed by atoms with E-state index < -0.39 is 0 Å². The number of likely N-dealkylation sites (N-methyl/N-ethyl adjacent to an activating group) is 1. The van der Waals surface area contributed by atoms with Gasteiger partial charge in [-0.2, -0.15) is 0 Å². The van der Waals surface area contributed by atoms with E-state index in [0.717, 1.165) is 31.7 Å². The number of nitrogens with zero attached hydrogens (tertiary/aromatic N) is 2. The summed E-state index contributed by atoms with van der Waals surface area (Å²) in [6.45, 7) is 2.14. The molecule has 1 aromatic heterocycles. The molecular formula is C13H20N2O2. The van der Waals surface area contributed by atoms with Crippen molar-refractivity contribution in [1.29, 1.82) is 0 Å². The zero-order valence-corrected chi connectivity index (χ0v) is 10.6. The minimum Gasteiger partial charge on any atom is -0.469 e. The lowest BCUT2D eigenvalue weighted by Gasteiger charge is -2.35. The van der Waals surface area contributed by atoms with Gasteiger partial charge in [-0.25, -0.2) is 0 Å². The zero-order valence-electron chi connectivity index (χ0n) is 10.6. The molecule has 0 unspecified atom stereocenters. The number of rotatable bonds is 3. The number of carbonyl (C=O) groups is 1. The SMILES string of the molecule is CN1CCC(N(C)C(=O)Cc2ccco2)CC1. The number of carbonyl (C=O) groups excluding carboxylic acids is 1. The van der Waals surface area contributed by atoms with E-state index in [2.05, 4.69) is 11.9 Å². The molecule has 0 N–H and O–H groups in total. The summed E-state index contributed by atoms with van der Waals surface area (Å²) in [5, 5.41) is 0. The highest BCUT2D eigenvalue weighted by Gasteiger charge is 2.24. The summed E-state index contributed by atoms with van der Waals surface area (Å²) in [6, 6.07) is 4.05. The van der Waals surface area contributed by atoms with Crippen molar-refractivity contribution in [2.75, 3.05) is 27.2 Å². The van der Waals surface area contributed by atoms with Crippen LogP contribution in [0.3, 0.4) is 0 Å². The van der Waals surface area contributed by atoms with Crippen molar-refractivity contribution >= 4 is 5.91 Å². The Labute approximate surface area is 102 Å². The molecule has 0 spiro atoms. The normalized spacial score (nSPS) is 18.2. The van der Waals surface area contributed by atoms with Crippen LogP contribution in [0.5, 0.6) is 0 Å². The number of likely N-dealkylation sites (tertiary alicyclic amines) is 1. The van der Waals surface area contributed by atoms with Crippen molar-refractivity contribution in [3.63, 3.8) is 0 Å². The Morgan fingerprint density at radius 1 is 1.53 bits per heavy atom. The van der Waals surface area contributed by atoms with Crippen molar-refractivity contribution in [2.45, 2.75) is 25.3 Å². The lowest BCUT2D eigenvalue weighted by Crippen LogP contribution is -2.44. The van der Waals surface area contributed by atoms with Crippen LogP contribution in [-0.4, -0.2) is 48.9 Å². The molecule has 0 aromatic carbocycles. The molecule has 1 aliphatic rings. The van der Waals surface area contributed by atoms with Gasteiger partial charge in [0.1, 0.15) is 5.76 Å². The highest BCUT2D eigenvalue weighted by atomic mass is 16.3. The molecule has 0 aliphatic carbocycles. The monoisotopic (exact) mass is 236 g/mol. The summed E-state index contributed by atoms with van der Waals surface area (Å²) in [7, 11) is 4.03. The number of amides is 1. The van der Waals surface area contributed by atoms with Gasteiger partial charge in [-0.15, -0.1) is 0 Å². The Hall–Kier alpha value is -1.29. The van der Waals surface area contributed by atoms with Gasteiger partial charge >= 0.3 is 0 Å². The fourth-order valence-electron chi connectivity index (χ4n) is 2.27. The second-order valence-corrected chi connectivity index (χ2v) is 4.80. The predicted octanol–water partition coefficient (Wildman–Crippen LogP) is 1.37. The second-order valence-electron chi connectivity index (χ2n) is 4.80. The first-order chi connectivity index (χ1) is 8.16. The van der Waals surface area contributed by atoms with Crippen LogP contribution in [0, 0.1) is 0 Å². The van der Waals surface area contributed by atoms with E-state index in [4.69, 9.17) is 4.42 Å². The number of furan rings is 1. The van der Waals surface area contributed by atoms with E-state index in [1.54, 1.807) is 6.26 Å². The molecule has 0 saturated carbocycles. The first kappa shape index (κ1) is 12.2. The number of hydrogen-bond acceptors (Lipinski definition) is 3. The first-order valence-electron chi connectivity index (χ1n) is 6.13. The maximum Gasteiger partial charge on any atom is 0.230 e. The molecule has 1 aromatic rings. The van der Waals surface area contributed by atoms with Gasteiger partial charge in [0.2, 0.25) is 5.91 Å². The van der Waals surface area contributed by atoms with Crippen molar-refractivity contribution in [3.8, 4) is 0 Å². The van der Waals surface area contributed by atoms with Crippen molar-refractivity contribution in [2.24, 2.45) is 0 Å². The van der Waals surface area contributed by atoms with Gasteiger partial charge in [-0.3, -0.25) is 4.79 Å². The fraction of sp³-hybridized carbons (Fsp3) is 0.615. The Kier molecular flexibility index (Phi) is 3.84. The summed E-state index contributed by atoms with van der Waals surface area (Å²) >= 11 is 0. The average molecular weight is 236 g/mol. The predicted molar refractivity (Wildman–Crippen MR) is 65.7 cm³/mol. The third kappa shape index (κ3) is 3.09. The molecule has 1 fully saturated rings. The van der Waals surface area contributed by atoms with Crippen molar-refractivity contribution in [1.82, 2.24) is 9.80 Å². The molecule has 0 bridgehead atoms. The van der Waals surface area contributed by atoms with E-state index in [1.807, 2.05) is 24.1 Å². The van der Waals surface area contributed by atoms with Crippen LogP contribution in [0.2, 0.25) is 0 Å². The van der Waals surface area contributed by atoms with Crippen molar-refractivity contribution in [3.05, 3.63) is 24.2 Å². The molecule has 2 heterocycles. The maximum absolute atomic E-state index is 12.0. The lowest BCUT2D eigenvalue weighted by atomic mass is 10.0. The highest BCUT2D eigenvalue weighted by molar-refractivity contribution is 5.78. The van der Waals surface area contributed by atoms with Gasteiger partial charge in [0.05, 0.1) is 12.7 Å². The van der Waals surface area contributed by atoms with E-state index in [-0.39, 0.29) is 5.91 Å². The summed E-state index contributed by atoms with van der Waals surface area (Å²) in [5.74, 6) is 0.893. The van der Waals surface area contributed by atoms with E-state index in [1.165, 1.54) is 0 Å². The smallest absolute Gasteiger partial charge is 0.230 e.